The minimum atomic E-state index is 0.490. The lowest BCUT2D eigenvalue weighted by Gasteiger charge is -2.12. The van der Waals surface area contributed by atoms with E-state index in [0.29, 0.717) is 17.7 Å². The SMILES string of the molecule is CC(C)COc1ccc(-c2cc(CCl)ccc2CCl)cc1. The molecule has 0 bridgehead atoms. The van der Waals surface area contributed by atoms with Crippen LogP contribution in [0.4, 0.5) is 0 Å². The number of ether oxygens (including phenoxy) is 1. The third kappa shape index (κ3) is 4.39. The van der Waals surface area contributed by atoms with Gasteiger partial charge in [0.15, 0.2) is 0 Å². The van der Waals surface area contributed by atoms with Crippen molar-refractivity contribution in [1.82, 2.24) is 0 Å². The van der Waals surface area contributed by atoms with E-state index in [2.05, 4.69) is 32.0 Å². The smallest absolute Gasteiger partial charge is 0.119 e. The van der Waals surface area contributed by atoms with Gasteiger partial charge in [-0.25, -0.2) is 0 Å². The Morgan fingerprint density at radius 3 is 2.24 bits per heavy atom. The zero-order valence-electron chi connectivity index (χ0n) is 12.4. The summed E-state index contributed by atoms with van der Waals surface area (Å²) in [4.78, 5) is 0. The van der Waals surface area contributed by atoms with E-state index in [9.17, 15) is 0 Å². The van der Waals surface area contributed by atoms with E-state index in [0.717, 1.165) is 34.6 Å². The van der Waals surface area contributed by atoms with Crippen molar-refractivity contribution in [3.63, 3.8) is 0 Å². The molecule has 0 spiro atoms. The molecule has 21 heavy (non-hydrogen) atoms. The molecule has 0 saturated heterocycles. The van der Waals surface area contributed by atoms with Gasteiger partial charge >= 0.3 is 0 Å². The van der Waals surface area contributed by atoms with Crippen molar-refractivity contribution >= 4 is 23.2 Å². The molecule has 0 N–H and O–H groups in total. The Labute approximate surface area is 136 Å². The number of alkyl halides is 2. The van der Waals surface area contributed by atoms with Crippen LogP contribution in [0.25, 0.3) is 11.1 Å². The highest BCUT2D eigenvalue weighted by atomic mass is 35.5. The van der Waals surface area contributed by atoms with E-state index < -0.39 is 0 Å². The van der Waals surface area contributed by atoms with E-state index in [4.69, 9.17) is 27.9 Å². The summed E-state index contributed by atoms with van der Waals surface area (Å²) >= 11 is 12.0. The summed E-state index contributed by atoms with van der Waals surface area (Å²) in [6.45, 7) is 5.01. The van der Waals surface area contributed by atoms with E-state index in [1.165, 1.54) is 0 Å². The minimum absolute atomic E-state index is 0.490. The Morgan fingerprint density at radius 1 is 0.952 bits per heavy atom. The largest absolute Gasteiger partial charge is 0.493 e. The first kappa shape index (κ1) is 16.2. The average molecular weight is 323 g/mol. The predicted molar refractivity (Wildman–Crippen MR) is 91.3 cm³/mol. The summed E-state index contributed by atoms with van der Waals surface area (Å²) in [6.07, 6.45) is 0. The maximum absolute atomic E-state index is 6.04. The van der Waals surface area contributed by atoms with Gasteiger partial charge in [0.25, 0.3) is 0 Å². The van der Waals surface area contributed by atoms with Gasteiger partial charge in [0, 0.05) is 11.8 Å². The molecule has 0 aromatic heterocycles. The fraction of sp³-hybridized carbons (Fsp3) is 0.333. The molecule has 0 heterocycles. The molecule has 0 saturated carbocycles. The van der Waals surface area contributed by atoms with Crippen molar-refractivity contribution in [2.24, 2.45) is 5.92 Å². The lowest BCUT2D eigenvalue weighted by atomic mass is 9.98. The van der Waals surface area contributed by atoms with Crippen LogP contribution in [0.15, 0.2) is 42.5 Å². The topological polar surface area (TPSA) is 9.23 Å². The summed E-state index contributed by atoms with van der Waals surface area (Å²) in [5.74, 6) is 2.41. The summed E-state index contributed by atoms with van der Waals surface area (Å²) < 4.78 is 5.71. The molecule has 2 aromatic rings. The zero-order chi connectivity index (χ0) is 15.2. The van der Waals surface area contributed by atoms with E-state index in [-0.39, 0.29) is 0 Å². The second-order valence-electron chi connectivity index (χ2n) is 5.49. The number of rotatable bonds is 6. The molecule has 112 valence electrons. The van der Waals surface area contributed by atoms with Gasteiger partial charge in [-0.3, -0.25) is 0 Å². The highest BCUT2D eigenvalue weighted by molar-refractivity contribution is 6.18. The Bertz CT molecular complexity index is 576. The van der Waals surface area contributed by atoms with Gasteiger partial charge in [-0.2, -0.15) is 0 Å². The number of benzene rings is 2. The monoisotopic (exact) mass is 322 g/mol. The molecule has 2 rings (SSSR count). The van der Waals surface area contributed by atoms with Gasteiger partial charge in [0.05, 0.1) is 6.61 Å². The molecule has 0 atom stereocenters. The number of hydrogen-bond donors (Lipinski definition) is 0. The Kier molecular flexibility index (Phi) is 5.96. The van der Waals surface area contributed by atoms with Crippen LogP contribution in [0.2, 0.25) is 0 Å². The van der Waals surface area contributed by atoms with Gasteiger partial charge in [0.2, 0.25) is 0 Å². The molecule has 0 unspecified atom stereocenters. The maximum Gasteiger partial charge on any atom is 0.119 e. The Hall–Kier alpha value is -1.18. The first-order valence-corrected chi connectivity index (χ1v) is 8.18. The first-order valence-electron chi connectivity index (χ1n) is 7.11. The van der Waals surface area contributed by atoms with Crippen LogP contribution in [0.5, 0.6) is 5.75 Å². The van der Waals surface area contributed by atoms with Gasteiger partial charge in [-0.15, -0.1) is 23.2 Å². The lowest BCUT2D eigenvalue weighted by Crippen LogP contribution is -2.04. The fourth-order valence-corrected chi connectivity index (χ4v) is 2.48. The first-order chi connectivity index (χ1) is 10.1. The van der Waals surface area contributed by atoms with Crippen LogP contribution < -0.4 is 4.74 Å². The van der Waals surface area contributed by atoms with Gasteiger partial charge in [-0.1, -0.05) is 38.1 Å². The van der Waals surface area contributed by atoms with Gasteiger partial charge < -0.3 is 4.74 Å². The van der Waals surface area contributed by atoms with Crippen molar-refractivity contribution in [2.45, 2.75) is 25.6 Å². The summed E-state index contributed by atoms with van der Waals surface area (Å²) in [7, 11) is 0. The molecule has 0 aliphatic heterocycles. The maximum atomic E-state index is 6.04. The fourth-order valence-electron chi connectivity index (χ4n) is 2.09. The van der Waals surface area contributed by atoms with Gasteiger partial charge in [-0.05, 0) is 46.4 Å². The molecule has 0 amide bonds. The predicted octanol–water partition coefficient (Wildman–Crippen LogP) is 5.87. The molecule has 0 radical (unpaired) electrons. The Morgan fingerprint density at radius 2 is 1.67 bits per heavy atom. The van der Waals surface area contributed by atoms with Crippen molar-refractivity contribution in [3.05, 3.63) is 53.6 Å². The zero-order valence-corrected chi connectivity index (χ0v) is 13.9. The van der Waals surface area contributed by atoms with Crippen LogP contribution in [0, 0.1) is 5.92 Å². The quantitative estimate of drug-likeness (QED) is 0.604. The minimum Gasteiger partial charge on any atom is -0.493 e. The molecular weight excluding hydrogens is 303 g/mol. The number of halogens is 2. The summed E-state index contributed by atoms with van der Waals surface area (Å²) in [5.41, 5.74) is 4.48. The molecule has 0 aliphatic carbocycles. The lowest BCUT2D eigenvalue weighted by molar-refractivity contribution is 0.271. The van der Waals surface area contributed by atoms with E-state index in [1.807, 2.05) is 24.3 Å². The molecule has 2 aromatic carbocycles. The summed E-state index contributed by atoms with van der Waals surface area (Å²) in [6, 6.07) is 14.3. The molecule has 1 nitrogen and oxygen atoms in total. The molecular formula is C18H20Cl2O. The Balaban J connectivity index is 2.25. The van der Waals surface area contributed by atoms with Crippen molar-refractivity contribution < 1.29 is 4.74 Å². The van der Waals surface area contributed by atoms with Gasteiger partial charge in [0.1, 0.15) is 5.75 Å². The van der Waals surface area contributed by atoms with Crippen molar-refractivity contribution in [3.8, 4) is 16.9 Å². The van der Waals surface area contributed by atoms with E-state index in [1.54, 1.807) is 0 Å². The van der Waals surface area contributed by atoms with Crippen LogP contribution in [-0.4, -0.2) is 6.61 Å². The average Bonchev–Trinajstić information content (AvgIpc) is 2.52. The molecule has 3 heteroatoms. The standard InChI is InChI=1S/C18H20Cl2O/c1-13(2)12-21-17-7-5-15(6-8-17)18-9-14(10-19)3-4-16(18)11-20/h3-9,13H,10-12H2,1-2H3. The summed E-state index contributed by atoms with van der Waals surface area (Å²) in [5, 5.41) is 0. The van der Waals surface area contributed by atoms with Crippen LogP contribution >= 0.6 is 23.2 Å². The van der Waals surface area contributed by atoms with E-state index >= 15 is 0 Å². The van der Waals surface area contributed by atoms with Crippen LogP contribution in [-0.2, 0) is 11.8 Å². The number of hydrogen-bond acceptors (Lipinski definition) is 1. The highest BCUT2D eigenvalue weighted by Gasteiger charge is 2.06. The highest BCUT2D eigenvalue weighted by Crippen LogP contribution is 2.28. The van der Waals surface area contributed by atoms with Crippen LogP contribution in [0.3, 0.4) is 0 Å². The normalized spacial score (nSPS) is 10.9. The van der Waals surface area contributed by atoms with Crippen molar-refractivity contribution in [2.75, 3.05) is 6.61 Å². The third-order valence-electron chi connectivity index (χ3n) is 3.22. The third-order valence-corrected chi connectivity index (χ3v) is 3.82. The van der Waals surface area contributed by atoms with Crippen molar-refractivity contribution in [1.29, 1.82) is 0 Å². The van der Waals surface area contributed by atoms with Crippen LogP contribution in [0.1, 0.15) is 25.0 Å². The second-order valence-corrected chi connectivity index (χ2v) is 6.02. The second kappa shape index (κ2) is 7.72. The molecule has 0 aliphatic rings. The molecule has 0 fully saturated rings.